The van der Waals surface area contributed by atoms with Crippen molar-refractivity contribution in [3.63, 3.8) is 0 Å². The van der Waals surface area contributed by atoms with E-state index in [0.29, 0.717) is 6.04 Å². The number of hydrogen-bond donors (Lipinski definition) is 1. The van der Waals surface area contributed by atoms with Crippen LogP contribution >= 0.6 is 11.3 Å². The van der Waals surface area contributed by atoms with Crippen LogP contribution < -0.4 is 10.1 Å². The first-order chi connectivity index (χ1) is 8.72. The smallest absolute Gasteiger partial charge is 0.129 e. The highest BCUT2D eigenvalue weighted by molar-refractivity contribution is 7.10. The van der Waals surface area contributed by atoms with Crippen LogP contribution in [0.3, 0.4) is 0 Å². The van der Waals surface area contributed by atoms with Gasteiger partial charge in [-0.05, 0) is 32.0 Å². The van der Waals surface area contributed by atoms with Gasteiger partial charge in [-0.3, -0.25) is 0 Å². The molecule has 0 bridgehead atoms. The van der Waals surface area contributed by atoms with Gasteiger partial charge >= 0.3 is 0 Å². The van der Waals surface area contributed by atoms with Gasteiger partial charge in [-0.15, -0.1) is 11.3 Å². The van der Waals surface area contributed by atoms with Gasteiger partial charge < -0.3 is 10.1 Å². The summed E-state index contributed by atoms with van der Waals surface area (Å²) in [7, 11) is 3.71. The Balaban J connectivity index is 2.11. The second-order valence-electron chi connectivity index (χ2n) is 4.42. The molecule has 0 fully saturated rings. The van der Waals surface area contributed by atoms with Crippen LogP contribution in [-0.4, -0.2) is 14.2 Å². The lowest BCUT2D eigenvalue weighted by molar-refractivity contribution is 0.416. The van der Waals surface area contributed by atoms with Crippen LogP contribution in [0.25, 0.3) is 0 Å². The van der Waals surface area contributed by atoms with E-state index < -0.39 is 0 Å². The van der Waals surface area contributed by atoms with Gasteiger partial charge in [0.05, 0.1) is 7.11 Å². The number of thiophene rings is 1. The summed E-state index contributed by atoms with van der Waals surface area (Å²) in [6, 6.07) is 11.2. The molecule has 3 heteroatoms. The molecule has 0 amide bonds. The Morgan fingerprint density at radius 2 is 2.00 bits per heavy atom. The minimum atomic E-state index is 0.349. The number of methoxy groups -OCH3 is 1. The molecule has 1 atom stereocenters. The van der Waals surface area contributed by atoms with Crippen LogP contribution in [-0.2, 0) is 6.42 Å². The molecule has 96 valence electrons. The topological polar surface area (TPSA) is 21.3 Å². The van der Waals surface area contributed by atoms with Crippen molar-refractivity contribution in [3.05, 3.63) is 51.7 Å². The van der Waals surface area contributed by atoms with E-state index >= 15 is 0 Å². The molecule has 2 nitrogen and oxygen atoms in total. The molecule has 1 heterocycles. The maximum Gasteiger partial charge on any atom is 0.129 e. The molecule has 1 aromatic carbocycles. The molecule has 0 aliphatic rings. The molecule has 1 aromatic heterocycles. The monoisotopic (exact) mass is 261 g/mol. The summed E-state index contributed by atoms with van der Waals surface area (Å²) in [6.45, 7) is 2.11. The van der Waals surface area contributed by atoms with Crippen molar-refractivity contribution in [2.45, 2.75) is 19.4 Å². The standard InChI is InChI=1S/C15H19NOS/c1-11-4-6-12(7-5-11)8-14(16-2)15-9-13(17-3)10-18-15/h4-7,9-10,14,16H,8H2,1-3H3. The molecule has 0 saturated carbocycles. The van der Waals surface area contributed by atoms with Crippen molar-refractivity contribution in [1.29, 1.82) is 0 Å². The fourth-order valence-corrected chi connectivity index (χ4v) is 2.90. The zero-order valence-corrected chi connectivity index (χ0v) is 11.9. The normalized spacial score (nSPS) is 12.4. The average molecular weight is 261 g/mol. The SMILES string of the molecule is CNC(Cc1ccc(C)cc1)c1cc(OC)cs1. The Morgan fingerprint density at radius 1 is 1.28 bits per heavy atom. The molecule has 0 radical (unpaired) electrons. The van der Waals surface area contributed by atoms with Gasteiger partial charge in [-0.25, -0.2) is 0 Å². The van der Waals surface area contributed by atoms with E-state index in [4.69, 9.17) is 4.74 Å². The number of hydrogen-bond acceptors (Lipinski definition) is 3. The molecule has 0 aliphatic heterocycles. The molecule has 2 aromatic rings. The second kappa shape index (κ2) is 6.03. The third kappa shape index (κ3) is 3.12. The lowest BCUT2D eigenvalue weighted by Crippen LogP contribution is -2.17. The van der Waals surface area contributed by atoms with E-state index in [2.05, 4.69) is 48.0 Å². The molecule has 1 unspecified atom stereocenters. The fraction of sp³-hybridized carbons (Fsp3) is 0.333. The summed E-state index contributed by atoms with van der Waals surface area (Å²) in [4.78, 5) is 1.31. The third-order valence-corrected chi connectivity index (χ3v) is 4.11. The first-order valence-corrected chi connectivity index (χ1v) is 6.96. The zero-order valence-electron chi connectivity index (χ0n) is 11.1. The van der Waals surface area contributed by atoms with Gasteiger partial charge in [0, 0.05) is 16.3 Å². The summed E-state index contributed by atoms with van der Waals surface area (Å²) in [6.07, 6.45) is 1.00. The Kier molecular flexibility index (Phi) is 4.39. The van der Waals surface area contributed by atoms with Crippen molar-refractivity contribution in [1.82, 2.24) is 5.32 Å². The summed E-state index contributed by atoms with van der Waals surface area (Å²) >= 11 is 1.74. The molecule has 0 aliphatic carbocycles. The van der Waals surface area contributed by atoms with Gasteiger partial charge in [-0.1, -0.05) is 29.8 Å². The number of rotatable bonds is 5. The summed E-state index contributed by atoms with van der Waals surface area (Å²) in [5, 5.41) is 5.42. The van der Waals surface area contributed by atoms with E-state index in [1.54, 1.807) is 18.4 Å². The number of aryl methyl sites for hydroxylation is 1. The van der Waals surface area contributed by atoms with E-state index in [0.717, 1.165) is 12.2 Å². The van der Waals surface area contributed by atoms with Crippen LogP contribution in [0.2, 0.25) is 0 Å². The molecular weight excluding hydrogens is 242 g/mol. The molecule has 18 heavy (non-hydrogen) atoms. The van der Waals surface area contributed by atoms with Gasteiger partial charge in [-0.2, -0.15) is 0 Å². The van der Waals surface area contributed by atoms with Gasteiger partial charge in [0.25, 0.3) is 0 Å². The highest BCUT2D eigenvalue weighted by Gasteiger charge is 2.12. The minimum absolute atomic E-state index is 0.349. The Morgan fingerprint density at radius 3 is 2.56 bits per heavy atom. The fourth-order valence-electron chi connectivity index (χ4n) is 1.93. The zero-order chi connectivity index (χ0) is 13.0. The molecule has 2 rings (SSSR count). The first kappa shape index (κ1) is 13.1. The lowest BCUT2D eigenvalue weighted by Gasteiger charge is -2.14. The van der Waals surface area contributed by atoms with Crippen molar-refractivity contribution in [2.24, 2.45) is 0 Å². The van der Waals surface area contributed by atoms with Crippen molar-refractivity contribution >= 4 is 11.3 Å². The van der Waals surface area contributed by atoms with Crippen LogP contribution in [0.4, 0.5) is 0 Å². The quantitative estimate of drug-likeness (QED) is 0.888. The van der Waals surface area contributed by atoms with Crippen molar-refractivity contribution in [3.8, 4) is 5.75 Å². The molecule has 0 spiro atoms. The van der Waals surface area contributed by atoms with Gasteiger partial charge in [0.1, 0.15) is 5.75 Å². The highest BCUT2D eigenvalue weighted by Crippen LogP contribution is 2.28. The lowest BCUT2D eigenvalue weighted by atomic mass is 10.0. The number of benzene rings is 1. The summed E-state index contributed by atoms with van der Waals surface area (Å²) < 4.78 is 5.24. The van der Waals surface area contributed by atoms with Crippen LogP contribution in [0.5, 0.6) is 5.75 Å². The highest BCUT2D eigenvalue weighted by atomic mass is 32.1. The van der Waals surface area contributed by atoms with E-state index in [1.165, 1.54) is 16.0 Å². The van der Waals surface area contributed by atoms with E-state index in [-0.39, 0.29) is 0 Å². The largest absolute Gasteiger partial charge is 0.496 e. The summed E-state index contributed by atoms with van der Waals surface area (Å²) in [5.41, 5.74) is 2.66. The predicted octanol–water partition coefficient (Wildman–Crippen LogP) is 3.57. The number of ether oxygens (including phenoxy) is 1. The van der Waals surface area contributed by atoms with Crippen LogP contribution in [0.15, 0.2) is 35.7 Å². The Hall–Kier alpha value is -1.32. The predicted molar refractivity (Wildman–Crippen MR) is 77.6 cm³/mol. The summed E-state index contributed by atoms with van der Waals surface area (Å²) in [5.74, 6) is 0.944. The van der Waals surface area contributed by atoms with Gasteiger partial charge in [0.2, 0.25) is 0 Å². The van der Waals surface area contributed by atoms with Crippen LogP contribution in [0.1, 0.15) is 22.0 Å². The van der Waals surface area contributed by atoms with E-state index in [9.17, 15) is 0 Å². The van der Waals surface area contributed by atoms with E-state index in [1.807, 2.05) is 7.05 Å². The average Bonchev–Trinajstić information content (AvgIpc) is 2.87. The van der Waals surface area contributed by atoms with Crippen LogP contribution in [0, 0.1) is 6.92 Å². The number of likely N-dealkylation sites (N-methyl/N-ethyl adjacent to an activating group) is 1. The third-order valence-electron chi connectivity index (χ3n) is 3.08. The Bertz CT molecular complexity index is 489. The maximum atomic E-state index is 5.24. The maximum absolute atomic E-state index is 5.24. The van der Waals surface area contributed by atoms with Gasteiger partial charge in [0.15, 0.2) is 0 Å². The Labute approximate surface area is 113 Å². The van der Waals surface area contributed by atoms with Crippen molar-refractivity contribution < 1.29 is 4.74 Å². The minimum Gasteiger partial charge on any atom is -0.496 e. The second-order valence-corrected chi connectivity index (χ2v) is 5.36. The van der Waals surface area contributed by atoms with Crippen molar-refractivity contribution in [2.75, 3.05) is 14.2 Å². The molecule has 1 N–H and O–H groups in total. The first-order valence-electron chi connectivity index (χ1n) is 6.08. The molecular formula is C15H19NOS. The molecule has 0 saturated heterocycles. The number of nitrogens with one attached hydrogen (secondary N) is 1.